The van der Waals surface area contributed by atoms with E-state index in [9.17, 15) is 10.1 Å². The van der Waals surface area contributed by atoms with Gasteiger partial charge < -0.3 is 15.0 Å². The Bertz CT molecular complexity index is 1570. The third-order valence-corrected chi connectivity index (χ3v) is 6.29. The van der Waals surface area contributed by atoms with E-state index in [0.29, 0.717) is 29.3 Å². The molecule has 0 radical (unpaired) electrons. The number of nitrogens with zero attached hydrogens (tertiary/aromatic N) is 7. The van der Waals surface area contributed by atoms with Crippen LogP contribution in [0.4, 0.5) is 11.6 Å². The Morgan fingerprint density at radius 3 is 2.54 bits per heavy atom. The number of rotatable bonds is 8. The molecule has 1 aliphatic heterocycles. The summed E-state index contributed by atoms with van der Waals surface area (Å²) < 4.78 is 6.68. The molecule has 0 spiro atoms. The normalized spacial score (nSPS) is 12.4. The lowest BCUT2D eigenvalue weighted by atomic mass is 10.1. The Balaban J connectivity index is 0.00000124. The van der Waals surface area contributed by atoms with Gasteiger partial charge in [0, 0.05) is 31.3 Å². The predicted octanol–water partition coefficient (Wildman–Crippen LogP) is 3.31. The minimum atomic E-state index is -0.322. The van der Waals surface area contributed by atoms with E-state index in [2.05, 4.69) is 37.6 Å². The fourth-order valence-corrected chi connectivity index (χ4v) is 4.48. The largest absolute Gasteiger partial charge is 0.375 e. The summed E-state index contributed by atoms with van der Waals surface area (Å²) in [5.41, 5.74) is 4.12. The number of amides is 1. The zero-order valence-corrected chi connectivity index (χ0v) is 22.5. The second kappa shape index (κ2) is 14.2. The standard InChI is InChI=1S/C28H28N8O2.CO2/c1-38-19-28(37)32-26-15-22(14-24(31-26)21-8-5-7-20(13-21)16-29)25-18-36(34-33-25)17-23-9-6-10-27(30-23)35-11-3-2-4-12-35;2-1-3/h5-10,13-15,18H,2-4,11-12,17,19H2,1H3,(H,31,32,37);. The molecule has 0 unspecified atom stereocenters. The summed E-state index contributed by atoms with van der Waals surface area (Å²) in [6.45, 7) is 2.46. The smallest absolute Gasteiger partial charge is 0.373 e. The molecule has 1 aromatic carbocycles. The Hall–Kier alpha value is -5.24. The van der Waals surface area contributed by atoms with Gasteiger partial charge in [0.05, 0.1) is 35.8 Å². The molecule has 1 fully saturated rings. The lowest BCUT2D eigenvalue weighted by Gasteiger charge is -2.27. The molecule has 3 aromatic heterocycles. The van der Waals surface area contributed by atoms with E-state index in [1.54, 1.807) is 28.9 Å². The number of carbonyl (C=O) groups is 1. The maximum absolute atomic E-state index is 12.2. The first-order valence-corrected chi connectivity index (χ1v) is 12.9. The van der Waals surface area contributed by atoms with Gasteiger partial charge in [0.25, 0.3) is 5.91 Å². The number of ether oxygens (including phenoxy) is 1. The first kappa shape index (κ1) is 28.8. The monoisotopic (exact) mass is 552 g/mol. The van der Waals surface area contributed by atoms with Crippen molar-refractivity contribution in [2.24, 2.45) is 0 Å². The van der Waals surface area contributed by atoms with Crippen LogP contribution in [0.1, 0.15) is 30.5 Å². The summed E-state index contributed by atoms with van der Waals surface area (Å²) in [6, 6.07) is 19.0. The van der Waals surface area contributed by atoms with E-state index in [1.165, 1.54) is 26.4 Å². The molecule has 4 heterocycles. The molecule has 0 bridgehead atoms. The molecule has 12 heteroatoms. The number of methoxy groups -OCH3 is 1. The minimum absolute atomic E-state index is 0.0924. The van der Waals surface area contributed by atoms with Crippen molar-refractivity contribution in [1.29, 1.82) is 5.26 Å². The highest BCUT2D eigenvalue weighted by Crippen LogP contribution is 2.27. The van der Waals surface area contributed by atoms with Gasteiger partial charge in [-0.05, 0) is 55.7 Å². The maximum Gasteiger partial charge on any atom is 0.373 e. The van der Waals surface area contributed by atoms with Gasteiger partial charge in [-0.2, -0.15) is 14.9 Å². The number of pyridine rings is 2. The Kier molecular flexibility index (Phi) is 9.98. The number of benzene rings is 1. The highest BCUT2D eigenvalue weighted by atomic mass is 16.5. The first-order valence-electron chi connectivity index (χ1n) is 12.9. The van der Waals surface area contributed by atoms with E-state index >= 15 is 0 Å². The molecule has 1 aliphatic rings. The summed E-state index contributed by atoms with van der Waals surface area (Å²) in [5.74, 6) is 1.03. The van der Waals surface area contributed by atoms with Crippen molar-refractivity contribution in [2.75, 3.05) is 37.0 Å². The molecule has 0 aliphatic carbocycles. The third-order valence-electron chi connectivity index (χ3n) is 6.29. The van der Waals surface area contributed by atoms with Crippen molar-refractivity contribution < 1.29 is 19.1 Å². The number of piperidine rings is 1. The van der Waals surface area contributed by atoms with Crippen LogP contribution in [0.2, 0.25) is 0 Å². The van der Waals surface area contributed by atoms with Crippen LogP contribution in [-0.4, -0.2) is 63.8 Å². The molecule has 5 rings (SSSR count). The third kappa shape index (κ3) is 7.89. The van der Waals surface area contributed by atoms with Gasteiger partial charge in [-0.25, -0.2) is 14.6 Å². The summed E-state index contributed by atoms with van der Waals surface area (Å²) in [6.07, 6.45) is 5.76. The molecule has 1 amide bonds. The molecule has 0 saturated carbocycles. The SMILES string of the molecule is COCC(=O)Nc1cc(-c2cn(Cc3cccc(N4CCCCC4)n3)nn2)cc(-c2cccc(C#N)c2)n1.O=C=O. The van der Waals surface area contributed by atoms with Gasteiger partial charge in [0.15, 0.2) is 0 Å². The molecular weight excluding hydrogens is 524 g/mol. The van der Waals surface area contributed by atoms with Crippen LogP contribution in [0.15, 0.2) is 60.8 Å². The van der Waals surface area contributed by atoms with Crippen LogP contribution in [0.5, 0.6) is 0 Å². The quantitative estimate of drug-likeness (QED) is 0.344. The number of hydrogen-bond acceptors (Lipinski definition) is 10. The second-order valence-electron chi connectivity index (χ2n) is 9.22. The number of anilines is 2. The van der Waals surface area contributed by atoms with Crippen molar-refractivity contribution in [3.8, 4) is 28.6 Å². The van der Waals surface area contributed by atoms with E-state index < -0.39 is 0 Å². The van der Waals surface area contributed by atoms with Gasteiger partial charge in [0.2, 0.25) is 0 Å². The van der Waals surface area contributed by atoms with E-state index in [4.69, 9.17) is 19.3 Å². The molecule has 1 N–H and O–H groups in total. The lowest BCUT2D eigenvalue weighted by molar-refractivity contribution is -0.191. The minimum Gasteiger partial charge on any atom is -0.375 e. The van der Waals surface area contributed by atoms with Gasteiger partial charge in [-0.1, -0.05) is 23.4 Å². The van der Waals surface area contributed by atoms with E-state index in [-0.39, 0.29) is 18.7 Å². The van der Waals surface area contributed by atoms with Crippen molar-refractivity contribution >= 4 is 23.7 Å². The van der Waals surface area contributed by atoms with Crippen LogP contribution in [0, 0.1) is 11.3 Å². The Morgan fingerprint density at radius 1 is 1.00 bits per heavy atom. The van der Waals surface area contributed by atoms with Crippen LogP contribution in [-0.2, 0) is 25.7 Å². The summed E-state index contributed by atoms with van der Waals surface area (Å²) >= 11 is 0. The Morgan fingerprint density at radius 2 is 1.78 bits per heavy atom. The zero-order valence-electron chi connectivity index (χ0n) is 22.5. The van der Waals surface area contributed by atoms with Crippen molar-refractivity contribution in [3.63, 3.8) is 0 Å². The van der Waals surface area contributed by atoms with Crippen molar-refractivity contribution in [2.45, 2.75) is 25.8 Å². The molecule has 208 valence electrons. The predicted molar refractivity (Wildman–Crippen MR) is 148 cm³/mol. The van der Waals surface area contributed by atoms with Crippen LogP contribution >= 0.6 is 0 Å². The average molecular weight is 553 g/mol. The number of nitriles is 1. The number of hydrogen-bond donors (Lipinski definition) is 1. The fraction of sp³-hybridized carbons (Fsp3) is 0.276. The van der Waals surface area contributed by atoms with Gasteiger partial charge in [-0.3, -0.25) is 4.79 Å². The second-order valence-corrected chi connectivity index (χ2v) is 9.22. The van der Waals surface area contributed by atoms with Crippen molar-refractivity contribution in [1.82, 2.24) is 25.0 Å². The molecule has 0 atom stereocenters. The topological polar surface area (TPSA) is 156 Å². The molecule has 41 heavy (non-hydrogen) atoms. The number of aromatic nitrogens is 5. The van der Waals surface area contributed by atoms with Gasteiger partial charge >= 0.3 is 6.15 Å². The van der Waals surface area contributed by atoms with Gasteiger partial charge in [-0.15, -0.1) is 5.10 Å². The van der Waals surface area contributed by atoms with Gasteiger partial charge in [0.1, 0.15) is 23.9 Å². The molecule has 12 nitrogen and oxygen atoms in total. The average Bonchev–Trinajstić information content (AvgIpc) is 3.47. The van der Waals surface area contributed by atoms with Crippen LogP contribution in [0.25, 0.3) is 22.5 Å². The zero-order chi connectivity index (χ0) is 29.0. The Labute approximate surface area is 236 Å². The maximum atomic E-state index is 12.2. The first-order chi connectivity index (χ1) is 20.0. The molecule has 1 saturated heterocycles. The molecule has 4 aromatic rings. The summed E-state index contributed by atoms with van der Waals surface area (Å²) in [7, 11) is 1.46. The van der Waals surface area contributed by atoms with Crippen LogP contribution in [0.3, 0.4) is 0 Å². The summed E-state index contributed by atoms with van der Waals surface area (Å²) in [5, 5.41) is 20.8. The van der Waals surface area contributed by atoms with E-state index in [1.807, 2.05) is 30.5 Å². The lowest BCUT2D eigenvalue weighted by Crippen LogP contribution is -2.30. The van der Waals surface area contributed by atoms with Crippen molar-refractivity contribution in [3.05, 3.63) is 72.1 Å². The number of carbonyl (C=O) groups excluding carboxylic acids is 3. The fourth-order valence-electron chi connectivity index (χ4n) is 4.48. The highest BCUT2D eigenvalue weighted by Gasteiger charge is 2.15. The highest BCUT2D eigenvalue weighted by molar-refractivity contribution is 5.91. The molecular formula is C29H28N8O4. The van der Waals surface area contributed by atoms with E-state index in [0.717, 1.165) is 35.7 Å². The summed E-state index contributed by atoms with van der Waals surface area (Å²) in [4.78, 5) is 40.2. The van der Waals surface area contributed by atoms with Crippen LogP contribution < -0.4 is 10.2 Å². The number of nitrogens with one attached hydrogen (secondary N) is 1.